The molecule has 1 spiro atoms. The molecule has 12 nitrogen and oxygen atoms in total. The molecule has 0 bridgehead atoms. The van der Waals surface area contributed by atoms with Gasteiger partial charge in [-0.25, -0.2) is 9.59 Å². The first kappa shape index (κ1) is 35.3. The van der Waals surface area contributed by atoms with Crippen LogP contribution in [0.3, 0.4) is 0 Å². The molecule has 2 aliphatic heterocycles. The third-order valence-electron chi connectivity index (χ3n) is 12.5. The first-order valence-corrected chi connectivity index (χ1v) is 17.3. The lowest BCUT2D eigenvalue weighted by Crippen LogP contribution is -2.70. The summed E-state index contributed by atoms with van der Waals surface area (Å²) in [4.78, 5) is 64.3. The van der Waals surface area contributed by atoms with Crippen LogP contribution in [0.4, 0.5) is 4.79 Å². The molecular weight excluding hydrogens is 634 g/mol. The number of ketones is 1. The summed E-state index contributed by atoms with van der Waals surface area (Å²) < 4.78 is 29.3. The number of ether oxygens (including phenoxy) is 5. The normalized spacial score (nSPS) is 41.2. The summed E-state index contributed by atoms with van der Waals surface area (Å²) in [5.41, 5.74) is -3.12. The minimum absolute atomic E-state index is 0.189. The number of alkyl carbamates (subject to hydrolysis) is 1. The van der Waals surface area contributed by atoms with Gasteiger partial charge in [0.2, 0.25) is 0 Å². The number of epoxide rings is 1. The number of amides is 1. The maximum absolute atomic E-state index is 14.0. The Morgan fingerprint density at radius 1 is 1.10 bits per heavy atom. The van der Waals surface area contributed by atoms with Gasteiger partial charge in [0.15, 0.2) is 11.9 Å². The number of allylic oxidation sites excluding steroid dienone is 1. The second kappa shape index (κ2) is 11.5. The summed E-state index contributed by atoms with van der Waals surface area (Å²) in [6.45, 7) is 15.5. The zero-order chi connectivity index (χ0) is 36.1. The fourth-order valence-electron chi connectivity index (χ4n) is 9.89. The van der Waals surface area contributed by atoms with E-state index < -0.39 is 88.5 Å². The van der Waals surface area contributed by atoms with Crippen LogP contribution in [0.25, 0.3) is 0 Å². The van der Waals surface area contributed by atoms with Crippen LogP contribution < -0.4 is 5.32 Å². The SMILES string of the molecule is CC(=O)O[C@H]1C=C([C@H](C)[C@H]2CC(C)=C(C)C(=O)O2)[C@@]2(C)CC[C@H]3[C@@H](C[C@H]4O[C@]45[C@@H](OC(=O)CNC(=O)OC(C)(C)C)C=CC(=O)[C@]35C)[C@]12O. The Hall–Kier alpha value is -3.51. The van der Waals surface area contributed by atoms with Crippen molar-refractivity contribution in [2.75, 3.05) is 6.54 Å². The van der Waals surface area contributed by atoms with E-state index in [2.05, 4.69) is 5.32 Å². The fraction of sp³-hybridized carbons (Fsp3) is 0.703. The minimum atomic E-state index is -1.60. The lowest BCUT2D eigenvalue weighted by atomic mass is 9.42. The number of hydrogen-bond acceptors (Lipinski definition) is 11. The molecule has 1 saturated heterocycles. The molecule has 268 valence electrons. The highest BCUT2D eigenvalue weighted by Crippen LogP contribution is 2.74. The van der Waals surface area contributed by atoms with Crippen molar-refractivity contribution in [3.05, 3.63) is 34.9 Å². The Kier molecular flexibility index (Phi) is 8.30. The van der Waals surface area contributed by atoms with Crippen LogP contribution in [0.5, 0.6) is 0 Å². The van der Waals surface area contributed by atoms with Crippen LogP contribution in [-0.4, -0.2) is 82.7 Å². The van der Waals surface area contributed by atoms with Gasteiger partial charge in [-0.05, 0) is 90.9 Å². The van der Waals surface area contributed by atoms with Gasteiger partial charge >= 0.3 is 24.0 Å². The van der Waals surface area contributed by atoms with Gasteiger partial charge in [0.05, 0.1) is 11.5 Å². The Morgan fingerprint density at radius 2 is 1.80 bits per heavy atom. The Labute approximate surface area is 286 Å². The van der Waals surface area contributed by atoms with Crippen molar-refractivity contribution in [2.24, 2.45) is 28.6 Å². The van der Waals surface area contributed by atoms with E-state index in [1.54, 1.807) is 33.8 Å². The molecule has 49 heavy (non-hydrogen) atoms. The predicted molar refractivity (Wildman–Crippen MR) is 174 cm³/mol. The predicted octanol–water partition coefficient (Wildman–Crippen LogP) is 4.03. The zero-order valence-corrected chi connectivity index (χ0v) is 29.8. The number of rotatable bonds is 6. The number of fused-ring (bicyclic) bond motifs is 4. The maximum Gasteiger partial charge on any atom is 0.408 e. The Balaban J connectivity index is 1.28. The highest BCUT2D eigenvalue weighted by molar-refractivity contribution is 5.98. The molecular formula is C37H49NO11. The number of aliphatic hydroxyl groups is 1. The number of carbonyl (C=O) groups is 5. The molecule has 0 aromatic rings. The molecule has 0 radical (unpaired) electrons. The Morgan fingerprint density at radius 3 is 2.43 bits per heavy atom. The molecule has 2 N–H and O–H groups in total. The van der Waals surface area contributed by atoms with Gasteiger partial charge in [0, 0.05) is 30.3 Å². The van der Waals surface area contributed by atoms with Gasteiger partial charge in [0.1, 0.15) is 35.6 Å². The van der Waals surface area contributed by atoms with E-state index in [1.165, 1.54) is 13.0 Å². The molecule has 0 aromatic carbocycles. The van der Waals surface area contributed by atoms with Gasteiger partial charge in [-0.2, -0.15) is 0 Å². The van der Waals surface area contributed by atoms with E-state index in [0.717, 1.165) is 11.1 Å². The quantitative estimate of drug-likeness (QED) is 0.180. The highest BCUT2D eigenvalue weighted by Gasteiger charge is 2.83. The molecule has 3 fully saturated rings. The van der Waals surface area contributed by atoms with E-state index in [0.29, 0.717) is 31.3 Å². The largest absolute Gasteiger partial charge is 0.458 e. The van der Waals surface area contributed by atoms with Crippen molar-refractivity contribution in [1.82, 2.24) is 5.32 Å². The molecule has 0 unspecified atom stereocenters. The van der Waals surface area contributed by atoms with E-state index in [9.17, 15) is 29.1 Å². The number of carbonyl (C=O) groups excluding carboxylic acids is 5. The van der Waals surface area contributed by atoms with Crippen LogP contribution in [0.1, 0.15) is 88.0 Å². The average molecular weight is 684 g/mol. The number of cyclic esters (lactones) is 1. The fourth-order valence-corrected chi connectivity index (χ4v) is 9.89. The molecule has 2 heterocycles. The van der Waals surface area contributed by atoms with Crippen molar-refractivity contribution >= 4 is 29.8 Å². The molecule has 2 saturated carbocycles. The van der Waals surface area contributed by atoms with Gasteiger partial charge in [-0.15, -0.1) is 0 Å². The van der Waals surface area contributed by atoms with Crippen LogP contribution >= 0.6 is 0 Å². The minimum Gasteiger partial charge on any atom is -0.458 e. The van der Waals surface area contributed by atoms with Crippen molar-refractivity contribution in [1.29, 1.82) is 0 Å². The van der Waals surface area contributed by atoms with Crippen molar-refractivity contribution < 1.29 is 52.8 Å². The van der Waals surface area contributed by atoms with Crippen molar-refractivity contribution in [2.45, 2.75) is 129 Å². The molecule has 4 aliphatic carbocycles. The molecule has 12 heteroatoms. The van der Waals surface area contributed by atoms with Gasteiger partial charge in [-0.3, -0.25) is 14.4 Å². The van der Waals surface area contributed by atoms with Crippen LogP contribution in [0, 0.1) is 28.6 Å². The standard InChI is InChI=1S/C37H49NO11/c1-18-14-25(46-31(42)19(18)2)20(3)23-15-28(45-21(4)39)36(44)24-16-29-37(48-29)27(47-30(41)17-38-32(43)49-33(5,6)7)11-10-26(40)35(37,9)22(24)12-13-34(23,36)8/h10-11,15,20,22,24-25,27-29,44H,12-14,16-17H2,1-9H3,(H,38,43)/t20-,22-,24+,25+,27-,28-,29+,34+,35-,36-,37+/m0/s1. The smallest absolute Gasteiger partial charge is 0.408 e. The van der Waals surface area contributed by atoms with Crippen LogP contribution in [0.15, 0.2) is 34.9 Å². The second-order valence-electron chi connectivity index (χ2n) is 16.2. The topological polar surface area (TPSA) is 167 Å². The lowest BCUT2D eigenvalue weighted by Gasteiger charge is -2.61. The van der Waals surface area contributed by atoms with E-state index in [4.69, 9.17) is 23.7 Å². The second-order valence-corrected chi connectivity index (χ2v) is 16.2. The van der Waals surface area contributed by atoms with Gasteiger partial charge in [0.25, 0.3) is 0 Å². The maximum atomic E-state index is 14.0. The molecule has 0 aromatic heterocycles. The highest BCUT2D eigenvalue weighted by atomic mass is 16.7. The summed E-state index contributed by atoms with van der Waals surface area (Å²) in [5, 5.41) is 15.5. The lowest BCUT2D eigenvalue weighted by molar-refractivity contribution is -0.225. The average Bonchev–Trinajstić information content (AvgIpc) is 3.69. The molecule has 6 rings (SSSR count). The van der Waals surface area contributed by atoms with Crippen LogP contribution in [0.2, 0.25) is 0 Å². The Bertz CT molecular complexity index is 1590. The number of nitrogens with one attached hydrogen (secondary N) is 1. The first-order valence-electron chi connectivity index (χ1n) is 17.3. The van der Waals surface area contributed by atoms with Crippen molar-refractivity contribution in [3.8, 4) is 0 Å². The van der Waals surface area contributed by atoms with Gasteiger partial charge in [-0.1, -0.05) is 25.0 Å². The molecule has 6 aliphatic rings. The van der Waals surface area contributed by atoms with Gasteiger partial charge < -0.3 is 34.1 Å². The van der Waals surface area contributed by atoms with E-state index >= 15 is 0 Å². The summed E-state index contributed by atoms with van der Waals surface area (Å²) in [5.74, 6) is -3.03. The van der Waals surface area contributed by atoms with E-state index in [1.807, 2.05) is 33.8 Å². The monoisotopic (exact) mass is 683 g/mol. The van der Waals surface area contributed by atoms with Crippen molar-refractivity contribution in [3.63, 3.8) is 0 Å². The third kappa shape index (κ3) is 5.18. The molecule has 11 atom stereocenters. The summed E-state index contributed by atoms with van der Waals surface area (Å²) in [6, 6.07) is 0. The summed E-state index contributed by atoms with van der Waals surface area (Å²) in [6.07, 6.45) is 3.04. The summed E-state index contributed by atoms with van der Waals surface area (Å²) >= 11 is 0. The van der Waals surface area contributed by atoms with E-state index in [-0.39, 0.29) is 17.7 Å². The molecule has 1 amide bonds. The first-order chi connectivity index (χ1) is 22.7. The zero-order valence-electron chi connectivity index (χ0n) is 29.8. The summed E-state index contributed by atoms with van der Waals surface area (Å²) in [7, 11) is 0. The number of esters is 3. The van der Waals surface area contributed by atoms with Crippen LogP contribution in [-0.2, 0) is 42.9 Å². The number of hydrogen-bond donors (Lipinski definition) is 2. The third-order valence-corrected chi connectivity index (χ3v) is 12.5.